The molecule has 1 atom stereocenters. The van der Waals surface area contributed by atoms with E-state index in [2.05, 4.69) is 18.2 Å². The molecule has 3 nitrogen and oxygen atoms in total. The Balaban J connectivity index is 2.73. The van der Waals surface area contributed by atoms with Crippen LogP contribution in [0.25, 0.3) is 0 Å². The first-order chi connectivity index (χ1) is 8.08. The second-order valence-electron chi connectivity index (χ2n) is 4.00. The molecule has 90 valence electrons. The van der Waals surface area contributed by atoms with Crippen LogP contribution in [0.4, 0.5) is 5.69 Å². The number of carbonyl (C=O) groups is 1. The summed E-state index contributed by atoms with van der Waals surface area (Å²) in [6, 6.07) is 5.19. The lowest BCUT2D eigenvalue weighted by Gasteiger charge is -2.11. The highest BCUT2D eigenvalue weighted by molar-refractivity contribution is 5.94. The van der Waals surface area contributed by atoms with Crippen molar-refractivity contribution in [3.63, 3.8) is 0 Å². The van der Waals surface area contributed by atoms with Crippen LogP contribution in [0.3, 0.4) is 0 Å². The fourth-order valence-electron chi connectivity index (χ4n) is 1.62. The maximum Gasteiger partial charge on any atom is 0.242 e. The Kier molecular flexibility index (Phi) is 4.74. The van der Waals surface area contributed by atoms with Gasteiger partial charge in [-0.2, -0.15) is 0 Å². The Morgan fingerprint density at radius 1 is 1.59 bits per heavy atom. The van der Waals surface area contributed by atoms with Gasteiger partial charge in [-0.3, -0.25) is 4.79 Å². The molecule has 1 aromatic rings. The molecule has 0 saturated heterocycles. The van der Waals surface area contributed by atoms with Crippen LogP contribution in [0.2, 0.25) is 0 Å². The molecule has 1 rings (SSSR count). The van der Waals surface area contributed by atoms with Gasteiger partial charge in [0.05, 0.1) is 6.04 Å². The van der Waals surface area contributed by atoms with Crippen LogP contribution in [0.5, 0.6) is 0 Å². The van der Waals surface area contributed by atoms with E-state index >= 15 is 0 Å². The molecule has 3 heteroatoms. The number of nitrogens with one attached hydrogen (secondary N) is 1. The number of hydrogen-bond acceptors (Lipinski definition) is 2. The van der Waals surface area contributed by atoms with Gasteiger partial charge in [-0.05, 0) is 36.6 Å². The highest BCUT2D eigenvalue weighted by atomic mass is 16.2. The number of amides is 1. The zero-order valence-corrected chi connectivity index (χ0v) is 10.3. The predicted molar refractivity (Wildman–Crippen MR) is 70.6 cm³/mol. The van der Waals surface area contributed by atoms with Gasteiger partial charge in [-0.1, -0.05) is 13.0 Å². The van der Waals surface area contributed by atoms with E-state index in [4.69, 9.17) is 12.2 Å². The van der Waals surface area contributed by atoms with E-state index in [9.17, 15) is 4.79 Å². The number of hydrogen-bond donors (Lipinski definition) is 2. The molecule has 0 fully saturated rings. The fourth-order valence-corrected chi connectivity index (χ4v) is 1.62. The van der Waals surface area contributed by atoms with E-state index in [0.29, 0.717) is 0 Å². The average Bonchev–Trinajstić information content (AvgIpc) is 2.29. The summed E-state index contributed by atoms with van der Waals surface area (Å²) in [6.45, 7) is 4.12. The predicted octanol–water partition coefficient (Wildman–Crippen LogP) is 1.85. The van der Waals surface area contributed by atoms with E-state index in [1.165, 1.54) is 5.56 Å². The van der Waals surface area contributed by atoms with Crippen LogP contribution in [0.15, 0.2) is 18.2 Å². The van der Waals surface area contributed by atoms with Crippen LogP contribution in [-0.2, 0) is 11.2 Å². The summed E-state index contributed by atoms with van der Waals surface area (Å²) >= 11 is 0. The topological polar surface area (TPSA) is 55.1 Å². The molecule has 17 heavy (non-hydrogen) atoms. The van der Waals surface area contributed by atoms with Crippen molar-refractivity contribution in [3.8, 4) is 12.3 Å². The van der Waals surface area contributed by atoms with E-state index in [1.54, 1.807) is 0 Å². The van der Waals surface area contributed by atoms with Crippen LogP contribution in [0, 0.1) is 19.3 Å². The first-order valence-electron chi connectivity index (χ1n) is 5.68. The second kappa shape index (κ2) is 6.07. The number of rotatable bonds is 4. The van der Waals surface area contributed by atoms with Crippen LogP contribution in [0.1, 0.15) is 24.5 Å². The maximum atomic E-state index is 11.6. The average molecular weight is 230 g/mol. The minimum Gasteiger partial charge on any atom is -0.325 e. The zero-order valence-electron chi connectivity index (χ0n) is 10.3. The molecule has 0 spiro atoms. The molecular weight excluding hydrogens is 212 g/mol. The molecule has 0 radical (unpaired) electrons. The van der Waals surface area contributed by atoms with Gasteiger partial charge in [0.25, 0.3) is 0 Å². The van der Waals surface area contributed by atoms with Crippen molar-refractivity contribution >= 4 is 11.6 Å². The Bertz CT molecular complexity index is 446. The molecule has 0 aliphatic rings. The van der Waals surface area contributed by atoms with Gasteiger partial charge in [0.2, 0.25) is 5.91 Å². The minimum absolute atomic E-state index is 0.244. The number of terminal acetylenes is 1. The van der Waals surface area contributed by atoms with Crippen molar-refractivity contribution < 1.29 is 4.79 Å². The van der Waals surface area contributed by atoms with Gasteiger partial charge in [0.15, 0.2) is 0 Å². The van der Waals surface area contributed by atoms with E-state index in [1.807, 2.05) is 25.1 Å². The molecule has 1 aromatic carbocycles. The van der Waals surface area contributed by atoms with Gasteiger partial charge < -0.3 is 11.1 Å². The van der Waals surface area contributed by atoms with E-state index in [-0.39, 0.29) is 12.3 Å². The molecule has 3 N–H and O–H groups in total. The molecule has 0 aliphatic carbocycles. The van der Waals surface area contributed by atoms with Crippen LogP contribution >= 0.6 is 0 Å². The Morgan fingerprint density at radius 2 is 2.29 bits per heavy atom. The molecule has 0 bridgehead atoms. The third kappa shape index (κ3) is 3.61. The first kappa shape index (κ1) is 13.3. The Labute approximate surface area is 102 Å². The van der Waals surface area contributed by atoms with Crippen molar-refractivity contribution in [1.29, 1.82) is 0 Å². The Morgan fingerprint density at radius 3 is 2.82 bits per heavy atom. The van der Waals surface area contributed by atoms with Crippen molar-refractivity contribution in [2.24, 2.45) is 5.73 Å². The highest BCUT2D eigenvalue weighted by Crippen LogP contribution is 2.15. The van der Waals surface area contributed by atoms with Gasteiger partial charge in [0.1, 0.15) is 0 Å². The van der Waals surface area contributed by atoms with E-state index in [0.717, 1.165) is 17.7 Å². The van der Waals surface area contributed by atoms with Gasteiger partial charge in [0, 0.05) is 12.1 Å². The van der Waals surface area contributed by atoms with Crippen molar-refractivity contribution in [3.05, 3.63) is 29.3 Å². The molecule has 0 heterocycles. The number of benzene rings is 1. The molecular formula is C14H18N2O. The maximum absolute atomic E-state index is 11.6. The molecule has 0 saturated carbocycles. The van der Waals surface area contributed by atoms with Gasteiger partial charge >= 0.3 is 0 Å². The Hall–Kier alpha value is -1.79. The number of carbonyl (C=O) groups excluding carboxylic acids is 1. The lowest BCUT2D eigenvalue weighted by Crippen LogP contribution is -2.35. The smallest absolute Gasteiger partial charge is 0.242 e. The van der Waals surface area contributed by atoms with Gasteiger partial charge in [-0.15, -0.1) is 12.3 Å². The first-order valence-corrected chi connectivity index (χ1v) is 5.68. The molecule has 1 amide bonds. The van der Waals surface area contributed by atoms with Crippen molar-refractivity contribution in [2.45, 2.75) is 32.7 Å². The molecule has 0 aliphatic heterocycles. The second-order valence-corrected chi connectivity index (χ2v) is 4.00. The lowest BCUT2D eigenvalue weighted by atomic mass is 10.1. The summed E-state index contributed by atoms with van der Waals surface area (Å²) in [5.41, 5.74) is 8.81. The SMILES string of the molecule is C#CCC(N)C(=O)Nc1ccc(CC)c(C)c1. The quantitative estimate of drug-likeness (QED) is 0.775. The number of nitrogens with two attached hydrogens (primary N) is 1. The lowest BCUT2D eigenvalue weighted by molar-refractivity contribution is -0.117. The summed E-state index contributed by atoms with van der Waals surface area (Å²) in [7, 11) is 0. The standard InChI is InChI=1S/C14H18N2O/c1-4-6-13(15)14(17)16-12-8-7-11(5-2)10(3)9-12/h1,7-9,13H,5-6,15H2,2-3H3,(H,16,17). The largest absolute Gasteiger partial charge is 0.325 e. The summed E-state index contributed by atoms with van der Waals surface area (Å²) in [4.78, 5) is 11.6. The zero-order chi connectivity index (χ0) is 12.8. The van der Waals surface area contributed by atoms with Crippen molar-refractivity contribution in [2.75, 3.05) is 5.32 Å². The fraction of sp³-hybridized carbons (Fsp3) is 0.357. The summed E-state index contributed by atoms with van der Waals surface area (Å²) in [5.74, 6) is 2.13. The number of aryl methyl sites for hydroxylation is 2. The normalized spacial score (nSPS) is 11.6. The monoisotopic (exact) mass is 230 g/mol. The van der Waals surface area contributed by atoms with Crippen LogP contribution < -0.4 is 11.1 Å². The summed E-state index contributed by atoms with van der Waals surface area (Å²) in [6.07, 6.45) is 6.34. The summed E-state index contributed by atoms with van der Waals surface area (Å²) in [5, 5.41) is 2.76. The van der Waals surface area contributed by atoms with Crippen molar-refractivity contribution in [1.82, 2.24) is 0 Å². The molecule has 0 aromatic heterocycles. The third-order valence-corrected chi connectivity index (χ3v) is 2.67. The van der Waals surface area contributed by atoms with Gasteiger partial charge in [-0.25, -0.2) is 0 Å². The minimum atomic E-state index is -0.647. The third-order valence-electron chi connectivity index (χ3n) is 2.67. The molecule has 1 unspecified atom stereocenters. The summed E-state index contributed by atoms with van der Waals surface area (Å²) < 4.78 is 0. The van der Waals surface area contributed by atoms with E-state index < -0.39 is 6.04 Å². The highest BCUT2D eigenvalue weighted by Gasteiger charge is 2.12. The van der Waals surface area contributed by atoms with Crippen LogP contribution in [-0.4, -0.2) is 11.9 Å². The number of anilines is 1.